The number of nitrogens with zero attached hydrogens (tertiary/aromatic N) is 2. The van der Waals surface area contributed by atoms with Crippen LogP contribution in [0.15, 0.2) is 36.4 Å². The highest BCUT2D eigenvalue weighted by Gasteiger charge is 2.29. The third-order valence-corrected chi connectivity index (χ3v) is 6.41. The zero-order valence-electron chi connectivity index (χ0n) is 20.3. The first-order chi connectivity index (χ1) is 16.3. The number of aromatic nitrogens is 2. The third kappa shape index (κ3) is 5.33. The number of hydrogen-bond acceptors (Lipinski definition) is 7. The minimum Gasteiger partial charge on any atom is -0.490 e. The number of fused-ring (bicyclic) bond motifs is 1. The SMILES string of the molecule is CCOc1ccc(-c2nnc(-c3cccc4c3CC[C@H]4NC(=O)OC(C)(C)C)s2)cc1OCC. The van der Waals surface area contributed by atoms with Gasteiger partial charge < -0.3 is 19.5 Å². The number of rotatable bonds is 7. The minimum atomic E-state index is -0.529. The van der Waals surface area contributed by atoms with Crippen molar-refractivity contribution >= 4 is 17.4 Å². The van der Waals surface area contributed by atoms with Gasteiger partial charge in [-0.3, -0.25) is 0 Å². The molecule has 0 saturated carbocycles. The number of carbonyl (C=O) groups excluding carboxylic acids is 1. The molecule has 8 heteroatoms. The van der Waals surface area contributed by atoms with E-state index < -0.39 is 11.7 Å². The number of nitrogens with one attached hydrogen (secondary N) is 1. The normalized spacial score (nSPS) is 15.0. The minimum absolute atomic E-state index is 0.0722. The third-order valence-electron chi connectivity index (χ3n) is 5.41. The summed E-state index contributed by atoms with van der Waals surface area (Å²) >= 11 is 1.54. The fourth-order valence-corrected chi connectivity index (χ4v) is 4.98. The lowest BCUT2D eigenvalue weighted by atomic mass is 10.0. The Morgan fingerprint density at radius 3 is 2.53 bits per heavy atom. The molecule has 0 radical (unpaired) electrons. The van der Waals surface area contributed by atoms with Crippen LogP contribution in [0.2, 0.25) is 0 Å². The van der Waals surface area contributed by atoms with Gasteiger partial charge in [-0.1, -0.05) is 29.5 Å². The smallest absolute Gasteiger partial charge is 0.408 e. The van der Waals surface area contributed by atoms with E-state index in [9.17, 15) is 4.79 Å². The summed E-state index contributed by atoms with van der Waals surface area (Å²) in [6, 6.07) is 11.9. The average Bonchev–Trinajstić information content (AvgIpc) is 3.42. The maximum absolute atomic E-state index is 12.3. The molecular formula is C26H31N3O4S. The molecule has 1 amide bonds. The molecule has 2 aromatic carbocycles. The summed E-state index contributed by atoms with van der Waals surface area (Å²) in [7, 11) is 0. The first-order valence-corrected chi connectivity index (χ1v) is 12.5. The predicted molar refractivity (Wildman–Crippen MR) is 134 cm³/mol. The summed E-state index contributed by atoms with van der Waals surface area (Å²) in [5, 5.41) is 13.6. The second-order valence-corrected chi connectivity index (χ2v) is 10.0. The van der Waals surface area contributed by atoms with Gasteiger partial charge in [-0.05, 0) is 76.8 Å². The van der Waals surface area contributed by atoms with Gasteiger partial charge in [0, 0.05) is 11.1 Å². The van der Waals surface area contributed by atoms with Crippen LogP contribution in [0.3, 0.4) is 0 Å². The lowest BCUT2D eigenvalue weighted by Crippen LogP contribution is -2.34. The second-order valence-electron chi connectivity index (χ2n) is 9.05. The van der Waals surface area contributed by atoms with Crippen molar-refractivity contribution in [3.63, 3.8) is 0 Å². The van der Waals surface area contributed by atoms with Gasteiger partial charge in [-0.15, -0.1) is 10.2 Å². The van der Waals surface area contributed by atoms with Crippen LogP contribution < -0.4 is 14.8 Å². The van der Waals surface area contributed by atoms with Crippen molar-refractivity contribution in [2.24, 2.45) is 0 Å². The molecule has 34 heavy (non-hydrogen) atoms. The molecule has 0 aliphatic heterocycles. The van der Waals surface area contributed by atoms with Crippen LogP contribution in [0.4, 0.5) is 4.79 Å². The molecular weight excluding hydrogens is 450 g/mol. The molecule has 0 bridgehead atoms. The highest BCUT2D eigenvalue weighted by Crippen LogP contribution is 2.41. The highest BCUT2D eigenvalue weighted by molar-refractivity contribution is 7.17. The van der Waals surface area contributed by atoms with Crippen molar-refractivity contribution in [2.75, 3.05) is 13.2 Å². The van der Waals surface area contributed by atoms with Crippen molar-refractivity contribution in [2.45, 2.75) is 59.1 Å². The van der Waals surface area contributed by atoms with E-state index in [1.54, 1.807) is 11.3 Å². The van der Waals surface area contributed by atoms with E-state index in [2.05, 4.69) is 27.6 Å². The van der Waals surface area contributed by atoms with Gasteiger partial charge in [0.15, 0.2) is 11.5 Å². The van der Waals surface area contributed by atoms with Gasteiger partial charge in [0.1, 0.15) is 15.6 Å². The number of hydrogen-bond donors (Lipinski definition) is 1. The van der Waals surface area contributed by atoms with Gasteiger partial charge in [-0.25, -0.2) is 4.79 Å². The largest absolute Gasteiger partial charge is 0.490 e. The number of carbonyl (C=O) groups is 1. The number of ether oxygens (including phenoxy) is 3. The Bertz CT molecular complexity index is 1170. The molecule has 0 spiro atoms. The standard InChI is InChI=1S/C26H31N3O4S/c1-6-31-21-14-11-16(15-22(21)32-7-2)23-28-29-24(34-23)19-10-8-9-18-17(19)12-13-20(18)27-25(30)33-26(3,4)5/h8-11,14-15,20H,6-7,12-13H2,1-5H3,(H,27,30)/t20-/m1/s1. The van der Waals surface area contributed by atoms with E-state index in [4.69, 9.17) is 14.2 Å². The van der Waals surface area contributed by atoms with E-state index >= 15 is 0 Å². The summed E-state index contributed by atoms with van der Waals surface area (Å²) in [4.78, 5) is 12.3. The molecule has 180 valence electrons. The molecule has 4 rings (SSSR count). The van der Waals surface area contributed by atoms with Crippen LogP contribution in [0.5, 0.6) is 11.5 Å². The molecule has 0 fully saturated rings. The lowest BCUT2D eigenvalue weighted by Gasteiger charge is -2.22. The average molecular weight is 482 g/mol. The fraction of sp³-hybridized carbons (Fsp3) is 0.423. The van der Waals surface area contributed by atoms with Crippen LogP contribution >= 0.6 is 11.3 Å². The Hall–Kier alpha value is -3.13. The molecule has 1 aliphatic rings. The summed E-state index contributed by atoms with van der Waals surface area (Å²) in [5.74, 6) is 1.43. The van der Waals surface area contributed by atoms with Crippen molar-refractivity contribution in [3.05, 3.63) is 47.5 Å². The Morgan fingerprint density at radius 2 is 1.79 bits per heavy atom. The van der Waals surface area contributed by atoms with Crippen LogP contribution in [0, 0.1) is 0 Å². The van der Waals surface area contributed by atoms with E-state index in [-0.39, 0.29) is 6.04 Å². The first kappa shape index (κ1) is 24.0. The van der Waals surface area contributed by atoms with Gasteiger partial charge >= 0.3 is 6.09 Å². The number of alkyl carbamates (subject to hydrolysis) is 1. The first-order valence-electron chi connectivity index (χ1n) is 11.6. The molecule has 1 N–H and O–H groups in total. The summed E-state index contributed by atoms with van der Waals surface area (Å²) in [6.45, 7) is 10.6. The quantitative estimate of drug-likeness (QED) is 0.434. The summed E-state index contributed by atoms with van der Waals surface area (Å²) in [5.41, 5.74) is 3.78. The van der Waals surface area contributed by atoms with E-state index in [0.717, 1.165) is 45.3 Å². The molecule has 1 aromatic heterocycles. The van der Waals surface area contributed by atoms with Gasteiger partial charge in [-0.2, -0.15) is 0 Å². The van der Waals surface area contributed by atoms with Gasteiger partial charge in [0.25, 0.3) is 0 Å². The van der Waals surface area contributed by atoms with Crippen molar-refractivity contribution in [1.82, 2.24) is 15.5 Å². The topological polar surface area (TPSA) is 82.6 Å². The maximum Gasteiger partial charge on any atom is 0.408 e. The monoisotopic (exact) mass is 481 g/mol. The Kier molecular flexibility index (Phi) is 7.07. The van der Waals surface area contributed by atoms with Crippen LogP contribution in [-0.2, 0) is 11.2 Å². The predicted octanol–water partition coefficient (Wildman–Crippen LogP) is 6.18. The van der Waals surface area contributed by atoms with Crippen molar-refractivity contribution in [1.29, 1.82) is 0 Å². The zero-order valence-corrected chi connectivity index (χ0v) is 21.1. The van der Waals surface area contributed by atoms with Crippen LogP contribution in [0.1, 0.15) is 58.2 Å². The lowest BCUT2D eigenvalue weighted by molar-refractivity contribution is 0.0503. The number of benzene rings is 2. The Labute approximate surface area is 204 Å². The molecule has 0 unspecified atom stereocenters. The fourth-order valence-electron chi connectivity index (χ4n) is 4.09. The summed E-state index contributed by atoms with van der Waals surface area (Å²) < 4.78 is 16.9. The van der Waals surface area contributed by atoms with Gasteiger partial charge in [0.2, 0.25) is 0 Å². The van der Waals surface area contributed by atoms with E-state index in [1.165, 1.54) is 5.56 Å². The van der Waals surface area contributed by atoms with Crippen molar-refractivity contribution in [3.8, 4) is 32.6 Å². The Balaban J connectivity index is 1.58. The highest BCUT2D eigenvalue weighted by atomic mass is 32.1. The molecule has 0 saturated heterocycles. The zero-order chi connectivity index (χ0) is 24.3. The molecule has 7 nitrogen and oxygen atoms in total. The van der Waals surface area contributed by atoms with Crippen LogP contribution in [-0.4, -0.2) is 35.1 Å². The molecule has 3 aromatic rings. The van der Waals surface area contributed by atoms with Crippen molar-refractivity contribution < 1.29 is 19.0 Å². The van der Waals surface area contributed by atoms with E-state index in [1.807, 2.05) is 58.9 Å². The second kappa shape index (κ2) is 10.0. The number of amides is 1. The molecule has 1 aliphatic carbocycles. The maximum atomic E-state index is 12.3. The van der Waals surface area contributed by atoms with E-state index in [0.29, 0.717) is 19.0 Å². The molecule has 1 heterocycles. The van der Waals surface area contributed by atoms with Gasteiger partial charge in [0.05, 0.1) is 19.3 Å². The summed E-state index contributed by atoms with van der Waals surface area (Å²) in [6.07, 6.45) is 1.29. The Morgan fingerprint density at radius 1 is 1.06 bits per heavy atom. The molecule has 1 atom stereocenters. The van der Waals surface area contributed by atoms with Crippen LogP contribution in [0.25, 0.3) is 21.1 Å².